The van der Waals surface area contributed by atoms with Gasteiger partial charge in [0.25, 0.3) is 5.91 Å². The molecule has 1 aromatic heterocycles. The van der Waals surface area contributed by atoms with E-state index in [0.717, 1.165) is 5.56 Å². The highest BCUT2D eigenvalue weighted by molar-refractivity contribution is 6.70. The van der Waals surface area contributed by atoms with E-state index in [-0.39, 0.29) is 17.5 Å². The highest BCUT2D eigenvalue weighted by Gasteiger charge is 2.17. The minimum absolute atomic E-state index is 0.230. The number of hydrogen-bond donors (Lipinski definition) is 0. The van der Waals surface area contributed by atoms with Crippen LogP contribution in [0.4, 0.5) is 0 Å². The van der Waals surface area contributed by atoms with Crippen molar-refractivity contribution < 1.29 is 4.79 Å². The number of aromatic nitrogens is 1. The highest BCUT2D eigenvalue weighted by Crippen LogP contribution is 2.15. The monoisotopic (exact) mass is 180 g/mol. The number of pyridine rings is 1. The molecule has 0 N–H and O–H groups in total. The second-order valence-electron chi connectivity index (χ2n) is 2.47. The molecule has 0 atom stereocenters. The first-order chi connectivity index (χ1) is 5.77. The molecule has 0 saturated carbocycles. The van der Waals surface area contributed by atoms with Crippen LogP contribution in [-0.2, 0) is 11.2 Å². The van der Waals surface area contributed by atoms with Gasteiger partial charge >= 0.3 is 0 Å². The highest BCUT2D eigenvalue weighted by atomic mass is 35.5. The quantitative estimate of drug-likeness (QED) is 0.601. The van der Waals surface area contributed by atoms with Crippen molar-refractivity contribution in [2.24, 2.45) is 4.99 Å². The van der Waals surface area contributed by atoms with Crippen molar-refractivity contribution in [3.05, 3.63) is 29.6 Å². The second kappa shape index (κ2) is 2.68. The molecule has 2 rings (SSSR count). The Kier molecular flexibility index (Phi) is 1.66. The largest absolute Gasteiger partial charge is 0.272 e. The summed E-state index contributed by atoms with van der Waals surface area (Å²) in [6, 6.07) is 3.58. The summed E-state index contributed by atoms with van der Waals surface area (Å²) >= 11 is 5.73. The Labute approximate surface area is 74.1 Å². The van der Waals surface area contributed by atoms with Gasteiger partial charge in [0.05, 0.1) is 12.1 Å². The number of nitrogens with zero attached hydrogens (tertiary/aromatic N) is 2. The van der Waals surface area contributed by atoms with Crippen molar-refractivity contribution in [1.29, 1.82) is 0 Å². The Morgan fingerprint density at radius 1 is 1.50 bits per heavy atom. The fourth-order valence-electron chi connectivity index (χ4n) is 1.12. The first kappa shape index (κ1) is 7.43. The Balaban J connectivity index is 2.60. The average molecular weight is 181 g/mol. The SMILES string of the molecule is O=C1Cc2ncccc2C(Cl)=N1. The van der Waals surface area contributed by atoms with E-state index in [0.29, 0.717) is 5.69 Å². The van der Waals surface area contributed by atoms with Gasteiger partial charge in [0.1, 0.15) is 5.17 Å². The zero-order valence-electron chi connectivity index (χ0n) is 6.12. The van der Waals surface area contributed by atoms with Gasteiger partial charge < -0.3 is 0 Å². The van der Waals surface area contributed by atoms with Crippen LogP contribution in [0, 0.1) is 0 Å². The van der Waals surface area contributed by atoms with E-state index in [1.54, 1.807) is 18.3 Å². The zero-order valence-corrected chi connectivity index (χ0v) is 6.88. The normalized spacial score (nSPS) is 15.4. The van der Waals surface area contributed by atoms with Crippen molar-refractivity contribution in [3.63, 3.8) is 0 Å². The topological polar surface area (TPSA) is 42.3 Å². The molecule has 0 bridgehead atoms. The van der Waals surface area contributed by atoms with Gasteiger partial charge in [-0.25, -0.2) is 4.99 Å². The lowest BCUT2D eigenvalue weighted by molar-refractivity contribution is -0.117. The minimum atomic E-state index is -0.230. The summed E-state index contributed by atoms with van der Waals surface area (Å²) in [5.41, 5.74) is 1.47. The van der Waals surface area contributed by atoms with Gasteiger partial charge in [-0.05, 0) is 12.1 Å². The molecule has 3 nitrogen and oxygen atoms in total. The van der Waals surface area contributed by atoms with Crippen molar-refractivity contribution in [1.82, 2.24) is 4.98 Å². The van der Waals surface area contributed by atoms with Crippen LogP contribution in [0.5, 0.6) is 0 Å². The Morgan fingerprint density at radius 3 is 3.17 bits per heavy atom. The fourth-order valence-corrected chi connectivity index (χ4v) is 1.39. The molecular weight excluding hydrogens is 176 g/mol. The molecule has 0 saturated heterocycles. The third kappa shape index (κ3) is 1.12. The fraction of sp³-hybridized carbons (Fsp3) is 0.125. The number of fused-ring (bicyclic) bond motifs is 1. The van der Waals surface area contributed by atoms with Crippen LogP contribution in [0.15, 0.2) is 23.3 Å². The van der Waals surface area contributed by atoms with Gasteiger partial charge in [-0.3, -0.25) is 9.78 Å². The van der Waals surface area contributed by atoms with Gasteiger partial charge in [-0.1, -0.05) is 11.6 Å². The standard InChI is InChI=1S/C8H5ClN2O/c9-8-5-2-1-3-10-6(5)4-7(12)11-8/h1-3H,4H2. The average Bonchev–Trinajstić information content (AvgIpc) is 2.04. The Hall–Kier alpha value is -1.22. The summed E-state index contributed by atoms with van der Waals surface area (Å²) in [6.45, 7) is 0. The van der Waals surface area contributed by atoms with Crippen molar-refractivity contribution in [2.75, 3.05) is 0 Å². The molecule has 4 heteroatoms. The summed E-state index contributed by atoms with van der Waals surface area (Å²) in [4.78, 5) is 18.6. The summed E-state index contributed by atoms with van der Waals surface area (Å²) in [6.07, 6.45) is 1.90. The van der Waals surface area contributed by atoms with Crippen LogP contribution >= 0.6 is 11.6 Å². The third-order valence-electron chi connectivity index (χ3n) is 1.65. The number of hydrogen-bond acceptors (Lipinski definition) is 2. The molecule has 0 fully saturated rings. The van der Waals surface area contributed by atoms with E-state index in [9.17, 15) is 4.79 Å². The number of rotatable bonds is 0. The number of carbonyl (C=O) groups excluding carboxylic acids is 1. The molecule has 0 radical (unpaired) electrons. The maximum atomic E-state index is 10.9. The van der Waals surface area contributed by atoms with Crippen LogP contribution in [0.2, 0.25) is 0 Å². The summed E-state index contributed by atoms with van der Waals surface area (Å²) in [5.74, 6) is -0.230. The number of halogens is 1. The lowest BCUT2D eigenvalue weighted by Gasteiger charge is -2.08. The second-order valence-corrected chi connectivity index (χ2v) is 2.83. The number of carbonyl (C=O) groups is 1. The van der Waals surface area contributed by atoms with Gasteiger partial charge in [-0.15, -0.1) is 0 Å². The van der Waals surface area contributed by atoms with E-state index in [1.165, 1.54) is 0 Å². The molecule has 1 amide bonds. The molecule has 0 aromatic carbocycles. The molecular formula is C8H5ClN2O. The molecule has 60 valence electrons. The summed E-state index contributed by atoms with van der Waals surface area (Å²) in [5, 5.41) is 0.245. The molecule has 0 spiro atoms. The zero-order chi connectivity index (χ0) is 8.55. The number of aliphatic imine (C=N–C) groups is 1. The smallest absolute Gasteiger partial charge is 0.253 e. The molecule has 0 unspecified atom stereocenters. The molecule has 1 aliphatic rings. The molecule has 1 aromatic rings. The van der Waals surface area contributed by atoms with Crippen LogP contribution in [0.3, 0.4) is 0 Å². The molecule has 1 aliphatic heterocycles. The first-order valence-corrected chi connectivity index (χ1v) is 3.86. The van der Waals surface area contributed by atoms with Gasteiger partial charge in [0.2, 0.25) is 0 Å². The van der Waals surface area contributed by atoms with Crippen LogP contribution < -0.4 is 0 Å². The minimum Gasteiger partial charge on any atom is -0.272 e. The van der Waals surface area contributed by atoms with E-state index in [2.05, 4.69) is 9.98 Å². The van der Waals surface area contributed by atoms with Gasteiger partial charge in [-0.2, -0.15) is 0 Å². The molecule has 12 heavy (non-hydrogen) atoms. The van der Waals surface area contributed by atoms with Crippen molar-refractivity contribution in [3.8, 4) is 0 Å². The van der Waals surface area contributed by atoms with E-state index >= 15 is 0 Å². The molecule has 0 aliphatic carbocycles. The van der Waals surface area contributed by atoms with Crippen molar-refractivity contribution in [2.45, 2.75) is 6.42 Å². The predicted octanol–water partition coefficient (Wildman–Crippen LogP) is 1.15. The van der Waals surface area contributed by atoms with Crippen molar-refractivity contribution >= 4 is 22.7 Å². The third-order valence-corrected chi connectivity index (χ3v) is 1.94. The van der Waals surface area contributed by atoms with E-state index < -0.39 is 0 Å². The maximum absolute atomic E-state index is 10.9. The molecule has 2 heterocycles. The Morgan fingerprint density at radius 2 is 2.33 bits per heavy atom. The van der Waals surface area contributed by atoms with Crippen LogP contribution in [-0.4, -0.2) is 16.1 Å². The number of amides is 1. The van der Waals surface area contributed by atoms with E-state index in [4.69, 9.17) is 11.6 Å². The predicted molar refractivity (Wildman–Crippen MR) is 45.3 cm³/mol. The Bertz CT molecular complexity index is 373. The summed E-state index contributed by atoms with van der Waals surface area (Å²) < 4.78 is 0. The first-order valence-electron chi connectivity index (χ1n) is 3.48. The van der Waals surface area contributed by atoms with E-state index in [1.807, 2.05) is 0 Å². The lowest BCUT2D eigenvalue weighted by atomic mass is 10.1. The maximum Gasteiger partial charge on any atom is 0.253 e. The lowest BCUT2D eigenvalue weighted by Crippen LogP contribution is -2.14. The van der Waals surface area contributed by atoms with Gasteiger partial charge in [0, 0.05) is 11.8 Å². The van der Waals surface area contributed by atoms with Gasteiger partial charge in [0.15, 0.2) is 0 Å². The van der Waals surface area contributed by atoms with Crippen LogP contribution in [0.25, 0.3) is 0 Å². The van der Waals surface area contributed by atoms with Crippen LogP contribution in [0.1, 0.15) is 11.3 Å². The summed E-state index contributed by atoms with van der Waals surface area (Å²) in [7, 11) is 0.